The normalized spacial score (nSPS) is 12.4. The highest BCUT2D eigenvalue weighted by atomic mass is 35.5. The number of methoxy groups -OCH3 is 1. The Balaban J connectivity index is 2.49. The van der Waals surface area contributed by atoms with Gasteiger partial charge >= 0.3 is 0 Å². The van der Waals surface area contributed by atoms with E-state index in [-0.39, 0.29) is 11.9 Å². The van der Waals surface area contributed by atoms with Crippen molar-refractivity contribution in [3.63, 3.8) is 0 Å². The molecule has 5 nitrogen and oxygen atoms in total. The third-order valence-corrected chi connectivity index (χ3v) is 3.59. The molecule has 0 radical (unpaired) electrons. The van der Waals surface area contributed by atoms with Gasteiger partial charge in [-0.2, -0.15) is 0 Å². The standard InChI is InChI=1S/C15H24ClN3O2/c1-4-19(11(2)10-21-3)8-7-15(20)18-14-6-5-12(16)9-13(14)17/h5-6,9,11H,4,7-8,10,17H2,1-3H3,(H,18,20). The zero-order chi connectivity index (χ0) is 15.8. The molecule has 0 fully saturated rings. The van der Waals surface area contributed by atoms with Crippen molar-refractivity contribution in [2.45, 2.75) is 26.3 Å². The van der Waals surface area contributed by atoms with Gasteiger partial charge in [0.05, 0.1) is 18.0 Å². The van der Waals surface area contributed by atoms with Gasteiger partial charge in [-0.1, -0.05) is 18.5 Å². The van der Waals surface area contributed by atoms with E-state index in [0.29, 0.717) is 36.0 Å². The molecule has 6 heteroatoms. The zero-order valence-corrected chi connectivity index (χ0v) is 13.6. The highest BCUT2D eigenvalue weighted by Gasteiger charge is 2.14. The van der Waals surface area contributed by atoms with E-state index in [1.807, 2.05) is 0 Å². The first-order valence-electron chi connectivity index (χ1n) is 7.05. The highest BCUT2D eigenvalue weighted by molar-refractivity contribution is 6.31. The number of carbonyl (C=O) groups is 1. The number of rotatable bonds is 8. The monoisotopic (exact) mass is 313 g/mol. The molecule has 0 heterocycles. The highest BCUT2D eigenvalue weighted by Crippen LogP contribution is 2.22. The van der Waals surface area contributed by atoms with Crippen molar-refractivity contribution >= 4 is 28.9 Å². The average molecular weight is 314 g/mol. The Kier molecular flexibility index (Phi) is 7.50. The number of hydrogen-bond acceptors (Lipinski definition) is 4. The van der Waals surface area contributed by atoms with Crippen LogP contribution in [0.25, 0.3) is 0 Å². The number of nitrogens with zero attached hydrogens (tertiary/aromatic N) is 1. The van der Waals surface area contributed by atoms with Gasteiger partial charge in [0.25, 0.3) is 0 Å². The molecular weight excluding hydrogens is 290 g/mol. The number of ether oxygens (including phenoxy) is 1. The van der Waals surface area contributed by atoms with Gasteiger partial charge in [-0.3, -0.25) is 9.69 Å². The minimum absolute atomic E-state index is 0.0629. The van der Waals surface area contributed by atoms with Gasteiger partial charge in [-0.25, -0.2) is 0 Å². The summed E-state index contributed by atoms with van der Waals surface area (Å²) in [7, 11) is 1.68. The van der Waals surface area contributed by atoms with E-state index in [1.165, 1.54) is 0 Å². The first-order chi connectivity index (χ1) is 9.97. The summed E-state index contributed by atoms with van der Waals surface area (Å²) in [5.41, 5.74) is 6.88. The number of likely N-dealkylation sites (N-methyl/N-ethyl adjacent to an activating group) is 1. The Morgan fingerprint density at radius 1 is 1.52 bits per heavy atom. The van der Waals surface area contributed by atoms with Crippen LogP contribution in [0.2, 0.25) is 5.02 Å². The second kappa shape index (κ2) is 8.87. The largest absolute Gasteiger partial charge is 0.397 e. The van der Waals surface area contributed by atoms with Crippen LogP contribution >= 0.6 is 11.6 Å². The molecule has 0 aliphatic rings. The topological polar surface area (TPSA) is 67.6 Å². The molecule has 0 aliphatic carbocycles. The SMILES string of the molecule is CCN(CCC(=O)Nc1ccc(Cl)cc1N)C(C)COC. The summed E-state index contributed by atoms with van der Waals surface area (Å²) < 4.78 is 5.14. The van der Waals surface area contributed by atoms with Crippen molar-refractivity contribution in [2.75, 3.05) is 37.9 Å². The number of hydrogen-bond donors (Lipinski definition) is 2. The fourth-order valence-corrected chi connectivity index (χ4v) is 2.32. The van der Waals surface area contributed by atoms with Gasteiger partial charge in [0, 0.05) is 31.1 Å². The van der Waals surface area contributed by atoms with Crippen molar-refractivity contribution in [3.8, 4) is 0 Å². The van der Waals surface area contributed by atoms with Crippen molar-refractivity contribution < 1.29 is 9.53 Å². The van der Waals surface area contributed by atoms with E-state index >= 15 is 0 Å². The van der Waals surface area contributed by atoms with Crippen molar-refractivity contribution in [1.29, 1.82) is 0 Å². The minimum atomic E-state index is -0.0629. The first-order valence-corrected chi connectivity index (χ1v) is 7.43. The van der Waals surface area contributed by atoms with E-state index in [1.54, 1.807) is 25.3 Å². The van der Waals surface area contributed by atoms with Crippen LogP contribution in [0.1, 0.15) is 20.3 Å². The predicted octanol–water partition coefficient (Wildman–Crippen LogP) is 2.61. The molecule has 0 aromatic heterocycles. The number of amides is 1. The van der Waals surface area contributed by atoms with Crippen LogP contribution < -0.4 is 11.1 Å². The van der Waals surface area contributed by atoms with Crippen LogP contribution in [0.5, 0.6) is 0 Å². The number of anilines is 2. The molecule has 0 aliphatic heterocycles. The van der Waals surface area contributed by atoms with Crippen LogP contribution in [0, 0.1) is 0 Å². The average Bonchev–Trinajstić information content (AvgIpc) is 2.43. The molecule has 0 saturated carbocycles. The molecule has 1 amide bonds. The summed E-state index contributed by atoms with van der Waals surface area (Å²) in [6.07, 6.45) is 0.407. The molecule has 1 atom stereocenters. The Hall–Kier alpha value is -1.30. The fraction of sp³-hybridized carbons (Fsp3) is 0.533. The smallest absolute Gasteiger partial charge is 0.225 e. The second-order valence-corrected chi connectivity index (χ2v) is 5.40. The summed E-state index contributed by atoms with van der Waals surface area (Å²) in [6, 6.07) is 5.32. The second-order valence-electron chi connectivity index (χ2n) is 4.96. The number of nitrogen functional groups attached to an aromatic ring is 1. The Labute approximate surface area is 131 Å². The Morgan fingerprint density at radius 2 is 2.24 bits per heavy atom. The van der Waals surface area contributed by atoms with Crippen molar-refractivity contribution in [3.05, 3.63) is 23.2 Å². The van der Waals surface area contributed by atoms with Gasteiger partial charge in [0.2, 0.25) is 5.91 Å². The Morgan fingerprint density at radius 3 is 2.81 bits per heavy atom. The third-order valence-electron chi connectivity index (χ3n) is 3.35. The molecule has 0 bridgehead atoms. The van der Waals surface area contributed by atoms with Crippen molar-refractivity contribution in [1.82, 2.24) is 4.90 Å². The number of halogens is 1. The summed E-state index contributed by atoms with van der Waals surface area (Å²) in [5.74, 6) is -0.0629. The van der Waals surface area contributed by atoms with Crippen LogP contribution in [-0.4, -0.2) is 43.7 Å². The third kappa shape index (κ3) is 5.91. The maximum absolute atomic E-state index is 12.0. The molecule has 0 spiro atoms. The maximum Gasteiger partial charge on any atom is 0.225 e. The van der Waals surface area contributed by atoms with Gasteiger partial charge in [0.1, 0.15) is 0 Å². The molecule has 21 heavy (non-hydrogen) atoms. The molecular formula is C15H24ClN3O2. The fourth-order valence-electron chi connectivity index (χ4n) is 2.14. The van der Waals surface area contributed by atoms with Crippen LogP contribution in [0.4, 0.5) is 11.4 Å². The summed E-state index contributed by atoms with van der Waals surface area (Å²) in [5, 5.41) is 3.36. The summed E-state index contributed by atoms with van der Waals surface area (Å²) in [4.78, 5) is 14.2. The molecule has 1 aromatic carbocycles. The number of benzene rings is 1. The number of nitrogens with two attached hydrogens (primary N) is 1. The molecule has 1 rings (SSSR count). The van der Waals surface area contributed by atoms with Gasteiger partial charge < -0.3 is 15.8 Å². The quantitative estimate of drug-likeness (QED) is 0.724. The maximum atomic E-state index is 12.0. The van der Waals surface area contributed by atoms with E-state index in [4.69, 9.17) is 22.1 Å². The van der Waals surface area contributed by atoms with Crippen LogP contribution in [-0.2, 0) is 9.53 Å². The lowest BCUT2D eigenvalue weighted by Gasteiger charge is -2.26. The van der Waals surface area contributed by atoms with E-state index in [2.05, 4.69) is 24.1 Å². The molecule has 1 aromatic rings. The predicted molar refractivity (Wildman–Crippen MR) is 87.7 cm³/mol. The molecule has 0 saturated heterocycles. The van der Waals surface area contributed by atoms with E-state index < -0.39 is 0 Å². The number of nitrogens with one attached hydrogen (secondary N) is 1. The summed E-state index contributed by atoms with van der Waals surface area (Å²) in [6.45, 7) is 6.37. The van der Waals surface area contributed by atoms with Gasteiger partial charge in [0.15, 0.2) is 0 Å². The lowest BCUT2D eigenvalue weighted by molar-refractivity contribution is -0.116. The molecule has 118 valence electrons. The Bertz CT molecular complexity index is 468. The van der Waals surface area contributed by atoms with Gasteiger partial charge in [-0.05, 0) is 31.7 Å². The zero-order valence-electron chi connectivity index (χ0n) is 12.9. The molecule has 3 N–H and O–H groups in total. The van der Waals surface area contributed by atoms with Crippen LogP contribution in [0.15, 0.2) is 18.2 Å². The van der Waals surface area contributed by atoms with Crippen LogP contribution in [0.3, 0.4) is 0 Å². The lowest BCUT2D eigenvalue weighted by Crippen LogP contribution is -2.38. The van der Waals surface area contributed by atoms with E-state index in [0.717, 1.165) is 6.54 Å². The lowest BCUT2D eigenvalue weighted by atomic mass is 10.2. The molecule has 1 unspecified atom stereocenters. The first kappa shape index (κ1) is 17.8. The summed E-state index contributed by atoms with van der Waals surface area (Å²) >= 11 is 5.83. The number of carbonyl (C=O) groups excluding carboxylic acids is 1. The van der Waals surface area contributed by atoms with E-state index in [9.17, 15) is 4.79 Å². The van der Waals surface area contributed by atoms with Gasteiger partial charge in [-0.15, -0.1) is 0 Å². The minimum Gasteiger partial charge on any atom is -0.397 e. The van der Waals surface area contributed by atoms with Crippen molar-refractivity contribution in [2.24, 2.45) is 0 Å².